The van der Waals surface area contributed by atoms with E-state index in [0.717, 1.165) is 69.8 Å². The van der Waals surface area contributed by atoms with Crippen molar-refractivity contribution in [2.75, 3.05) is 6.61 Å². The Hall–Kier alpha value is -1.30. The highest BCUT2D eigenvalue weighted by atomic mass is 31.3. The first kappa shape index (κ1) is 37.7. The zero-order valence-electron chi connectivity index (χ0n) is 25.1. The van der Waals surface area contributed by atoms with Crippen molar-refractivity contribution in [1.29, 1.82) is 0 Å². The standard InChI is InChI=1S/C30H52O7P2/c1-25(2)13-8-14-26(3)15-9-16-27(4)17-10-18-28(5)19-11-20-29(6)21-12-22-30(7)23-24-36-39(34,35)37-38(31,32)33/h13,15,17,19,21,23H,8-12,14,16,18,20,22,24H2,1-7H3,(H,34,35)(H2,31,32,33). The first-order valence-corrected chi connectivity index (χ1v) is 16.8. The highest BCUT2D eigenvalue weighted by molar-refractivity contribution is 7.60. The van der Waals surface area contributed by atoms with E-state index < -0.39 is 15.6 Å². The molecule has 0 radical (unpaired) electrons. The third kappa shape index (κ3) is 25.4. The number of rotatable bonds is 20. The summed E-state index contributed by atoms with van der Waals surface area (Å²) < 4.78 is 30.4. The summed E-state index contributed by atoms with van der Waals surface area (Å²) in [5.41, 5.74) is 8.02. The van der Waals surface area contributed by atoms with Crippen molar-refractivity contribution in [2.24, 2.45) is 0 Å². The Morgan fingerprint density at radius 3 is 1.15 bits per heavy atom. The molecule has 0 fully saturated rings. The zero-order valence-corrected chi connectivity index (χ0v) is 26.9. The third-order valence-electron chi connectivity index (χ3n) is 6.10. The number of hydrogen-bond acceptors (Lipinski definition) is 4. The van der Waals surface area contributed by atoms with Crippen LogP contribution in [0.3, 0.4) is 0 Å². The summed E-state index contributed by atoms with van der Waals surface area (Å²) in [6.45, 7) is 14.7. The Balaban J connectivity index is 4.24. The molecule has 0 bridgehead atoms. The van der Waals surface area contributed by atoms with Crippen LogP contribution in [0.4, 0.5) is 0 Å². The monoisotopic (exact) mass is 586 g/mol. The van der Waals surface area contributed by atoms with Gasteiger partial charge < -0.3 is 14.7 Å². The lowest BCUT2D eigenvalue weighted by atomic mass is 10.0. The molecule has 0 saturated heterocycles. The van der Waals surface area contributed by atoms with Gasteiger partial charge in [0.15, 0.2) is 0 Å². The Kier molecular flexibility index (Phi) is 19.9. The first-order valence-electron chi connectivity index (χ1n) is 13.8. The van der Waals surface area contributed by atoms with E-state index in [9.17, 15) is 14.0 Å². The van der Waals surface area contributed by atoms with Gasteiger partial charge in [0.25, 0.3) is 0 Å². The van der Waals surface area contributed by atoms with Gasteiger partial charge in [0.1, 0.15) is 0 Å². The summed E-state index contributed by atoms with van der Waals surface area (Å²) in [6, 6.07) is 0. The van der Waals surface area contributed by atoms with E-state index in [0.29, 0.717) is 0 Å². The van der Waals surface area contributed by atoms with E-state index in [-0.39, 0.29) is 6.61 Å². The lowest BCUT2D eigenvalue weighted by Gasteiger charge is -2.11. The van der Waals surface area contributed by atoms with E-state index in [1.54, 1.807) is 6.08 Å². The molecule has 0 aromatic carbocycles. The van der Waals surface area contributed by atoms with Crippen LogP contribution in [0.25, 0.3) is 0 Å². The maximum Gasteiger partial charge on any atom is 0.481 e. The van der Waals surface area contributed by atoms with Crippen molar-refractivity contribution in [3.63, 3.8) is 0 Å². The smallest absolute Gasteiger partial charge is 0.302 e. The summed E-state index contributed by atoms with van der Waals surface area (Å²) in [7, 11) is -9.88. The minimum Gasteiger partial charge on any atom is -0.302 e. The van der Waals surface area contributed by atoms with Gasteiger partial charge in [-0.3, -0.25) is 4.52 Å². The van der Waals surface area contributed by atoms with Crippen molar-refractivity contribution in [2.45, 2.75) is 113 Å². The molecule has 1 unspecified atom stereocenters. The number of allylic oxidation sites excluding steroid dienone is 11. The molecule has 0 aliphatic carbocycles. The van der Waals surface area contributed by atoms with Crippen molar-refractivity contribution < 1.29 is 32.6 Å². The van der Waals surface area contributed by atoms with Crippen LogP contribution in [0, 0.1) is 0 Å². The second kappa shape index (κ2) is 20.6. The van der Waals surface area contributed by atoms with Gasteiger partial charge >= 0.3 is 15.6 Å². The molecule has 0 rings (SSSR count). The van der Waals surface area contributed by atoms with Crippen molar-refractivity contribution in [3.8, 4) is 0 Å². The molecule has 3 N–H and O–H groups in total. The quantitative estimate of drug-likeness (QED) is 0.0961. The lowest BCUT2D eigenvalue weighted by molar-refractivity contribution is 0.191. The van der Waals surface area contributed by atoms with Gasteiger partial charge in [0.2, 0.25) is 0 Å². The van der Waals surface area contributed by atoms with Crippen LogP contribution in [-0.2, 0) is 18.0 Å². The second-order valence-corrected chi connectivity index (χ2v) is 13.4. The zero-order chi connectivity index (χ0) is 29.9. The summed E-state index contributed by atoms with van der Waals surface area (Å²) in [4.78, 5) is 26.4. The molecule has 0 spiro atoms. The molecule has 0 aromatic heterocycles. The molecule has 0 aromatic rings. The summed E-state index contributed by atoms with van der Waals surface area (Å²) in [6.07, 6.45) is 23.5. The molecule has 0 aliphatic heterocycles. The Morgan fingerprint density at radius 2 is 0.846 bits per heavy atom. The van der Waals surface area contributed by atoms with E-state index in [4.69, 9.17) is 9.79 Å². The SMILES string of the molecule is CC(C)=CCCC(C)=CCCC(C)=CCCC(C)=CCCC(C)=CCCC(C)=CCOP(=O)(O)OP(=O)(O)O. The fourth-order valence-electron chi connectivity index (χ4n) is 3.72. The van der Waals surface area contributed by atoms with Gasteiger partial charge in [-0.2, -0.15) is 4.31 Å². The van der Waals surface area contributed by atoms with Gasteiger partial charge in [-0.1, -0.05) is 69.9 Å². The molecular formula is C30H52O7P2. The largest absolute Gasteiger partial charge is 0.481 e. The molecular weight excluding hydrogens is 534 g/mol. The van der Waals surface area contributed by atoms with Gasteiger partial charge in [0.05, 0.1) is 6.61 Å². The van der Waals surface area contributed by atoms with E-state index >= 15 is 0 Å². The summed E-state index contributed by atoms with van der Waals surface area (Å²) in [5.74, 6) is 0. The predicted molar refractivity (Wildman–Crippen MR) is 163 cm³/mol. The summed E-state index contributed by atoms with van der Waals surface area (Å²) in [5, 5.41) is 0. The Labute approximate surface area is 237 Å². The van der Waals surface area contributed by atoms with Crippen LogP contribution >= 0.6 is 15.6 Å². The number of phosphoric ester groups is 1. The highest BCUT2D eigenvalue weighted by Gasteiger charge is 2.31. The van der Waals surface area contributed by atoms with Crippen LogP contribution in [0.2, 0.25) is 0 Å². The molecule has 0 aliphatic rings. The average Bonchev–Trinajstić information content (AvgIpc) is 2.77. The van der Waals surface area contributed by atoms with Crippen LogP contribution in [-0.4, -0.2) is 21.3 Å². The Bertz CT molecular complexity index is 1010. The van der Waals surface area contributed by atoms with E-state index in [1.807, 2.05) is 6.92 Å². The molecule has 1 atom stereocenters. The molecule has 0 amide bonds. The highest BCUT2D eigenvalue weighted by Crippen LogP contribution is 2.57. The second-order valence-electron chi connectivity index (χ2n) is 10.6. The number of phosphoric acid groups is 2. The topological polar surface area (TPSA) is 113 Å². The van der Waals surface area contributed by atoms with Gasteiger partial charge in [0, 0.05) is 0 Å². The van der Waals surface area contributed by atoms with Crippen LogP contribution < -0.4 is 0 Å². The molecule has 224 valence electrons. The van der Waals surface area contributed by atoms with Gasteiger partial charge in [-0.15, -0.1) is 0 Å². The number of hydrogen-bond donors (Lipinski definition) is 3. The summed E-state index contributed by atoms with van der Waals surface area (Å²) >= 11 is 0. The van der Waals surface area contributed by atoms with E-state index in [1.165, 1.54) is 27.9 Å². The van der Waals surface area contributed by atoms with Gasteiger partial charge in [-0.05, 0) is 113 Å². The van der Waals surface area contributed by atoms with Crippen LogP contribution in [0.5, 0.6) is 0 Å². The maximum absolute atomic E-state index is 11.4. The Morgan fingerprint density at radius 1 is 0.538 bits per heavy atom. The maximum atomic E-state index is 11.4. The van der Waals surface area contributed by atoms with Crippen LogP contribution in [0.1, 0.15) is 113 Å². The van der Waals surface area contributed by atoms with Crippen molar-refractivity contribution >= 4 is 15.6 Å². The minimum atomic E-state index is -5.09. The molecule has 39 heavy (non-hydrogen) atoms. The normalized spacial score (nSPS) is 15.9. The molecule has 0 saturated carbocycles. The molecule has 7 nitrogen and oxygen atoms in total. The lowest BCUT2D eigenvalue weighted by Crippen LogP contribution is -1.94. The first-order chi connectivity index (χ1) is 18.1. The minimum absolute atomic E-state index is 0.269. The van der Waals surface area contributed by atoms with Crippen molar-refractivity contribution in [3.05, 3.63) is 69.9 Å². The van der Waals surface area contributed by atoms with Gasteiger partial charge in [-0.25, -0.2) is 9.13 Å². The van der Waals surface area contributed by atoms with E-state index in [2.05, 4.69) is 80.8 Å². The average molecular weight is 587 g/mol. The van der Waals surface area contributed by atoms with Crippen molar-refractivity contribution in [1.82, 2.24) is 0 Å². The fraction of sp³-hybridized carbons (Fsp3) is 0.600. The molecule has 0 heterocycles. The fourth-order valence-corrected chi connectivity index (χ4v) is 5.24. The molecule has 9 heteroatoms. The third-order valence-corrected chi connectivity index (χ3v) is 8.25. The predicted octanol–water partition coefficient (Wildman–Crippen LogP) is 9.81. The van der Waals surface area contributed by atoms with Crippen LogP contribution in [0.15, 0.2) is 69.9 Å².